The van der Waals surface area contributed by atoms with Crippen LogP contribution in [0.4, 0.5) is 10.5 Å². The van der Waals surface area contributed by atoms with E-state index in [9.17, 15) is 9.59 Å². The molecule has 3 amide bonds. The summed E-state index contributed by atoms with van der Waals surface area (Å²) in [5.74, 6) is -0.00150. The van der Waals surface area contributed by atoms with Gasteiger partial charge in [-0.05, 0) is 45.0 Å². The van der Waals surface area contributed by atoms with Crippen molar-refractivity contribution < 1.29 is 9.59 Å². The van der Waals surface area contributed by atoms with E-state index in [1.54, 1.807) is 29.2 Å². The molecule has 6 heteroatoms. The lowest BCUT2D eigenvalue weighted by Gasteiger charge is -2.22. The molecule has 1 aromatic carbocycles. The van der Waals surface area contributed by atoms with Crippen molar-refractivity contribution in [2.24, 2.45) is 0 Å². The Hall–Kier alpha value is -1.75. The van der Waals surface area contributed by atoms with Crippen molar-refractivity contribution in [2.75, 3.05) is 11.4 Å². The van der Waals surface area contributed by atoms with Gasteiger partial charge in [0.05, 0.1) is 6.04 Å². The number of hydrogen-bond donors (Lipinski definition) is 2. The van der Waals surface area contributed by atoms with Crippen molar-refractivity contribution in [2.45, 2.75) is 38.8 Å². The first-order chi connectivity index (χ1) is 9.74. The maximum absolute atomic E-state index is 12.1. The van der Waals surface area contributed by atoms with Gasteiger partial charge in [0, 0.05) is 29.2 Å². The molecule has 0 saturated carbocycles. The van der Waals surface area contributed by atoms with Gasteiger partial charge in [0.15, 0.2) is 0 Å². The van der Waals surface area contributed by atoms with E-state index in [0.29, 0.717) is 18.0 Å². The molecule has 1 atom stereocenters. The number of benzene rings is 1. The van der Waals surface area contributed by atoms with Crippen molar-refractivity contribution in [1.82, 2.24) is 10.6 Å². The fourth-order valence-corrected chi connectivity index (χ4v) is 2.36. The number of urea groups is 1. The molecule has 0 aromatic heterocycles. The molecular weight excluding hydrogens is 290 g/mol. The van der Waals surface area contributed by atoms with Crippen LogP contribution in [0, 0.1) is 0 Å². The number of anilines is 1. The maximum atomic E-state index is 12.1. The van der Waals surface area contributed by atoms with Crippen molar-refractivity contribution in [3.8, 4) is 0 Å². The van der Waals surface area contributed by atoms with Crippen LogP contribution < -0.4 is 15.5 Å². The van der Waals surface area contributed by atoms with Crippen LogP contribution in [0.3, 0.4) is 0 Å². The normalized spacial score (nSPS) is 18.8. The Balaban J connectivity index is 1.96. The van der Waals surface area contributed by atoms with Crippen molar-refractivity contribution in [1.29, 1.82) is 0 Å². The van der Waals surface area contributed by atoms with Gasteiger partial charge in [0.1, 0.15) is 0 Å². The molecule has 0 bridgehead atoms. The van der Waals surface area contributed by atoms with E-state index in [1.807, 2.05) is 20.8 Å². The molecule has 0 spiro atoms. The van der Waals surface area contributed by atoms with Crippen molar-refractivity contribution in [3.63, 3.8) is 0 Å². The fourth-order valence-electron chi connectivity index (χ4n) is 2.24. The Morgan fingerprint density at radius 2 is 1.90 bits per heavy atom. The molecule has 114 valence electrons. The van der Waals surface area contributed by atoms with Crippen LogP contribution in [0.5, 0.6) is 0 Å². The third-order valence-corrected chi connectivity index (χ3v) is 3.34. The SMILES string of the molecule is CC(C)(C)NC(=O)N[C@@H]1CC(=O)N(c2ccc(Cl)cc2)C1. The molecule has 1 fully saturated rings. The molecule has 1 aromatic rings. The van der Waals surface area contributed by atoms with E-state index in [2.05, 4.69) is 10.6 Å². The van der Waals surface area contributed by atoms with Crippen LogP contribution in [0.2, 0.25) is 5.02 Å². The van der Waals surface area contributed by atoms with E-state index < -0.39 is 0 Å². The van der Waals surface area contributed by atoms with Gasteiger partial charge in [-0.1, -0.05) is 11.6 Å². The first-order valence-electron chi connectivity index (χ1n) is 6.89. The fraction of sp³-hybridized carbons (Fsp3) is 0.467. The maximum Gasteiger partial charge on any atom is 0.315 e. The largest absolute Gasteiger partial charge is 0.334 e. The summed E-state index contributed by atoms with van der Waals surface area (Å²) >= 11 is 5.85. The minimum Gasteiger partial charge on any atom is -0.334 e. The average molecular weight is 310 g/mol. The second-order valence-corrected chi connectivity index (χ2v) is 6.67. The van der Waals surface area contributed by atoms with Crippen molar-refractivity contribution in [3.05, 3.63) is 29.3 Å². The quantitative estimate of drug-likeness (QED) is 0.882. The highest BCUT2D eigenvalue weighted by molar-refractivity contribution is 6.30. The van der Waals surface area contributed by atoms with Crippen LogP contribution >= 0.6 is 11.6 Å². The Kier molecular flexibility index (Phi) is 4.42. The molecule has 1 aliphatic heterocycles. The van der Waals surface area contributed by atoms with Gasteiger partial charge < -0.3 is 15.5 Å². The highest BCUT2D eigenvalue weighted by Crippen LogP contribution is 2.23. The van der Waals surface area contributed by atoms with E-state index in [4.69, 9.17) is 11.6 Å². The minimum absolute atomic E-state index is 0.00150. The third-order valence-electron chi connectivity index (χ3n) is 3.09. The monoisotopic (exact) mass is 309 g/mol. The summed E-state index contributed by atoms with van der Waals surface area (Å²) in [7, 11) is 0. The van der Waals surface area contributed by atoms with Crippen molar-refractivity contribution >= 4 is 29.2 Å². The van der Waals surface area contributed by atoms with Crippen LogP contribution in [0.15, 0.2) is 24.3 Å². The van der Waals surface area contributed by atoms with Gasteiger partial charge in [-0.3, -0.25) is 4.79 Å². The summed E-state index contributed by atoms with van der Waals surface area (Å²) in [6.45, 7) is 6.20. The van der Waals surface area contributed by atoms with E-state index >= 15 is 0 Å². The number of hydrogen-bond acceptors (Lipinski definition) is 2. The summed E-state index contributed by atoms with van der Waals surface area (Å²) in [6, 6.07) is 6.67. The molecule has 2 N–H and O–H groups in total. The summed E-state index contributed by atoms with van der Waals surface area (Å²) < 4.78 is 0. The molecule has 0 aliphatic carbocycles. The number of carbonyl (C=O) groups is 2. The smallest absolute Gasteiger partial charge is 0.315 e. The summed E-state index contributed by atoms with van der Waals surface area (Å²) in [4.78, 5) is 25.6. The summed E-state index contributed by atoms with van der Waals surface area (Å²) in [6.07, 6.45) is 0.306. The Morgan fingerprint density at radius 3 is 2.48 bits per heavy atom. The van der Waals surface area contributed by atoms with Crippen LogP contribution in [0.1, 0.15) is 27.2 Å². The summed E-state index contributed by atoms with van der Waals surface area (Å²) in [5.41, 5.74) is 0.493. The summed E-state index contributed by atoms with van der Waals surface area (Å²) in [5, 5.41) is 6.29. The van der Waals surface area contributed by atoms with Gasteiger partial charge in [-0.25, -0.2) is 4.79 Å². The number of nitrogens with zero attached hydrogens (tertiary/aromatic N) is 1. The highest BCUT2D eigenvalue weighted by atomic mass is 35.5. The number of nitrogens with one attached hydrogen (secondary N) is 2. The lowest BCUT2D eigenvalue weighted by atomic mass is 10.1. The molecule has 1 heterocycles. The topological polar surface area (TPSA) is 61.4 Å². The van der Waals surface area contributed by atoms with Gasteiger partial charge >= 0.3 is 6.03 Å². The predicted molar refractivity (Wildman–Crippen MR) is 83.6 cm³/mol. The zero-order chi connectivity index (χ0) is 15.6. The molecule has 0 radical (unpaired) electrons. The minimum atomic E-state index is -0.303. The standard InChI is InChI=1S/C15H20ClN3O2/c1-15(2,3)18-14(21)17-11-8-13(20)19(9-11)12-6-4-10(16)5-7-12/h4-7,11H,8-9H2,1-3H3,(H2,17,18,21)/t11-/m1/s1. The van der Waals surface area contributed by atoms with E-state index in [-0.39, 0.29) is 23.5 Å². The second kappa shape index (κ2) is 5.93. The van der Waals surface area contributed by atoms with Gasteiger partial charge in [-0.2, -0.15) is 0 Å². The van der Waals surface area contributed by atoms with Gasteiger partial charge in [-0.15, -0.1) is 0 Å². The molecule has 2 rings (SSSR count). The lowest BCUT2D eigenvalue weighted by molar-refractivity contribution is -0.117. The zero-order valence-electron chi connectivity index (χ0n) is 12.4. The molecular formula is C15H20ClN3O2. The molecule has 1 saturated heterocycles. The van der Waals surface area contributed by atoms with Gasteiger partial charge in [0.2, 0.25) is 5.91 Å². The zero-order valence-corrected chi connectivity index (χ0v) is 13.2. The third kappa shape index (κ3) is 4.36. The predicted octanol–water partition coefficient (Wildman–Crippen LogP) is 2.54. The van der Waals surface area contributed by atoms with Crippen LogP contribution in [-0.4, -0.2) is 30.1 Å². The van der Waals surface area contributed by atoms with E-state index in [1.165, 1.54) is 0 Å². The number of halogens is 1. The average Bonchev–Trinajstić information content (AvgIpc) is 2.68. The Bertz CT molecular complexity index is 537. The Morgan fingerprint density at radius 1 is 1.29 bits per heavy atom. The molecule has 5 nitrogen and oxygen atoms in total. The number of carbonyl (C=O) groups excluding carboxylic acids is 2. The first kappa shape index (κ1) is 15.6. The lowest BCUT2D eigenvalue weighted by Crippen LogP contribution is -2.50. The molecule has 21 heavy (non-hydrogen) atoms. The Labute approximate surface area is 129 Å². The van der Waals surface area contributed by atoms with Crippen LogP contribution in [0.25, 0.3) is 0 Å². The molecule has 1 aliphatic rings. The number of amides is 3. The van der Waals surface area contributed by atoms with E-state index in [0.717, 1.165) is 5.69 Å². The van der Waals surface area contributed by atoms with Gasteiger partial charge in [0.25, 0.3) is 0 Å². The van der Waals surface area contributed by atoms with Crippen LogP contribution in [-0.2, 0) is 4.79 Å². The molecule has 0 unspecified atom stereocenters. The second-order valence-electron chi connectivity index (χ2n) is 6.23. The highest BCUT2D eigenvalue weighted by Gasteiger charge is 2.32. The number of rotatable bonds is 2. The first-order valence-corrected chi connectivity index (χ1v) is 7.27.